The van der Waals surface area contributed by atoms with E-state index in [1.807, 2.05) is 25.1 Å². The molecule has 1 amide bonds. The van der Waals surface area contributed by atoms with Crippen molar-refractivity contribution in [2.45, 2.75) is 39.0 Å². The second-order valence-electron chi connectivity index (χ2n) is 5.66. The molecule has 1 aliphatic rings. The van der Waals surface area contributed by atoms with Gasteiger partial charge in [0.15, 0.2) is 0 Å². The van der Waals surface area contributed by atoms with Crippen LogP contribution in [0.1, 0.15) is 37.7 Å². The van der Waals surface area contributed by atoms with E-state index in [1.165, 1.54) is 25.7 Å². The zero-order valence-electron chi connectivity index (χ0n) is 12.1. The van der Waals surface area contributed by atoms with Crippen molar-refractivity contribution in [2.24, 2.45) is 5.92 Å². The predicted octanol–water partition coefficient (Wildman–Crippen LogP) is 2.49. The third kappa shape index (κ3) is 3.26. The van der Waals surface area contributed by atoms with Gasteiger partial charge in [0.1, 0.15) is 6.33 Å². The van der Waals surface area contributed by atoms with E-state index in [0.29, 0.717) is 12.3 Å². The zero-order valence-corrected chi connectivity index (χ0v) is 12.1. The van der Waals surface area contributed by atoms with Crippen molar-refractivity contribution < 1.29 is 4.79 Å². The summed E-state index contributed by atoms with van der Waals surface area (Å²) >= 11 is 0. The first-order valence-corrected chi connectivity index (χ1v) is 7.36. The number of carbonyl (C=O) groups is 1. The number of amides is 1. The van der Waals surface area contributed by atoms with E-state index in [4.69, 9.17) is 0 Å². The van der Waals surface area contributed by atoms with Gasteiger partial charge < -0.3 is 5.32 Å². The molecule has 0 unspecified atom stereocenters. The molecule has 6 nitrogen and oxygen atoms in total. The van der Waals surface area contributed by atoms with Gasteiger partial charge in [-0.1, -0.05) is 12.8 Å². The maximum absolute atomic E-state index is 12.0. The molecule has 2 aromatic rings. The lowest BCUT2D eigenvalue weighted by Crippen LogP contribution is -2.15. The Balaban J connectivity index is 1.66. The van der Waals surface area contributed by atoms with Gasteiger partial charge in [-0.05, 0) is 59.9 Å². The molecule has 1 N–H and O–H groups in total. The zero-order chi connectivity index (χ0) is 14.7. The molecule has 1 heterocycles. The molecule has 110 valence electrons. The molecular formula is C15H19N5O. The summed E-state index contributed by atoms with van der Waals surface area (Å²) in [4.78, 5) is 12.0. The number of nitrogens with zero attached hydrogens (tertiary/aromatic N) is 4. The minimum atomic E-state index is 0.108. The molecule has 1 aromatic carbocycles. The number of tetrazole rings is 1. The van der Waals surface area contributed by atoms with Crippen LogP contribution >= 0.6 is 0 Å². The maximum Gasteiger partial charge on any atom is 0.224 e. The van der Waals surface area contributed by atoms with E-state index in [0.717, 1.165) is 16.9 Å². The molecular weight excluding hydrogens is 266 g/mol. The molecule has 0 atom stereocenters. The fraction of sp³-hybridized carbons (Fsp3) is 0.467. The summed E-state index contributed by atoms with van der Waals surface area (Å²) in [5.74, 6) is 0.670. The molecule has 1 aliphatic carbocycles. The van der Waals surface area contributed by atoms with Gasteiger partial charge in [0.2, 0.25) is 5.91 Å². The van der Waals surface area contributed by atoms with Crippen molar-refractivity contribution in [1.82, 2.24) is 20.2 Å². The number of anilines is 1. The van der Waals surface area contributed by atoms with Gasteiger partial charge in [0.05, 0.1) is 5.69 Å². The van der Waals surface area contributed by atoms with E-state index in [1.54, 1.807) is 11.0 Å². The summed E-state index contributed by atoms with van der Waals surface area (Å²) in [6, 6.07) is 5.75. The Hall–Kier alpha value is -2.24. The number of benzene rings is 1. The molecule has 6 heteroatoms. The largest absolute Gasteiger partial charge is 0.326 e. The van der Waals surface area contributed by atoms with Crippen molar-refractivity contribution in [2.75, 3.05) is 5.32 Å². The Kier molecular flexibility index (Phi) is 3.94. The molecule has 21 heavy (non-hydrogen) atoms. The monoisotopic (exact) mass is 285 g/mol. The first kappa shape index (κ1) is 13.7. The van der Waals surface area contributed by atoms with Crippen molar-refractivity contribution in [1.29, 1.82) is 0 Å². The topological polar surface area (TPSA) is 72.7 Å². The molecule has 1 saturated carbocycles. The van der Waals surface area contributed by atoms with Crippen molar-refractivity contribution in [3.8, 4) is 5.69 Å². The van der Waals surface area contributed by atoms with E-state index in [9.17, 15) is 4.79 Å². The van der Waals surface area contributed by atoms with Crippen LogP contribution in [0.3, 0.4) is 0 Å². The van der Waals surface area contributed by atoms with Gasteiger partial charge >= 0.3 is 0 Å². The van der Waals surface area contributed by atoms with Gasteiger partial charge in [-0.2, -0.15) is 0 Å². The highest BCUT2D eigenvalue weighted by atomic mass is 16.1. The van der Waals surface area contributed by atoms with Crippen LogP contribution in [-0.4, -0.2) is 26.1 Å². The minimum Gasteiger partial charge on any atom is -0.326 e. The number of hydrogen-bond donors (Lipinski definition) is 1. The van der Waals surface area contributed by atoms with Crippen molar-refractivity contribution in [3.63, 3.8) is 0 Å². The average Bonchev–Trinajstić information content (AvgIpc) is 3.11. The van der Waals surface area contributed by atoms with Crippen LogP contribution in [0.2, 0.25) is 0 Å². The van der Waals surface area contributed by atoms with Crippen LogP contribution in [0.15, 0.2) is 24.5 Å². The Morgan fingerprint density at radius 1 is 1.38 bits per heavy atom. The maximum atomic E-state index is 12.0. The first-order chi connectivity index (χ1) is 10.2. The van der Waals surface area contributed by atoms with Gasteiger partial charge in [0.25, 0.3) is 0 Å². The Morgan fingerprint density at radius 2 is 2.19 bits per heavy atom. The lowest BCUT2D eigenvalue weighted by atomic mass is 10.0. The number of hydrogen-bond acceptors (Lipinski definition) is 4. The molecule has 0 spiro atoms. The first-order valence-electron chi connectivity index (χ1n) is 7.36. The molecule has 0 radical (unpaired) electrons. The number of aromatic nitrogens is 4. The van der Waals surface area contributed by atoms with E-state index in [-0.39, 0.29) is 5.91 Å². The number of aryl methyl sites for hydroxylation is 1. The van der Waals surface area contributed by atoms with Crippen molar-refractivity contribution in [3.05, 3.63) is 30.1 Å². The van der Waals surface area contributed by atoms with Crippen LogP contribution in [0.25, 0.3) is 5.69 Å². The van der Waals surface area contributed by atoms with Gasteiger partial charge in [-0.25, -0.2) is 4.68 Å². The quantitative estimate of drug-likeness (QED) is 0.936. The standard InChI is InChI=1S/C15H19N5O/c1-11-8-13(6-7-14(11)20-10-16-18-19-20)17-15(21)9-12-4-2-3-5-12/h6-8,10,12H,2-5,9H2,1H3,(H,17,21). The highest BCUT2D eigenvalue weighted by molar-refractivity contribution is 5.91. The summed E-state index contributed by atoms with van der Waals surface area (Å²) in [6.45, 7) is 1.98. The summed E-state index contributed by atoms with van der Waals surface area (Å²) < 4.78 is 1.61. The third-order valence-electron chi connectivity index (χ3n) is 4.03. The van der Waals surface area contributed by atoms with Gasteiger partial charge in [-0.3, -0.25) is 4.79 Å². The number of nitrogens with one attached hydrogen (secondary N) is 1. The van der Waals surface area contributed by atoms with Crippen LogP contribution < -0.4 is 5.32 Å². The predicted molar refractivity (Wildman–Crippen MR) is 79.1 cm³/mol. The van der Waals surface area contributed by atoms with Crippen LogP contribution in [-0.2, 0) is 4.79 Å². The van der Waals surface area contributed by atoms with Crippen LogP contribution in [0.5, 0.6) is 0 Å². The summed E-state index contributed by atoms with van der Waals surface area (Å²) in [5, 5.41) is 14.1. The summed E-state index contributed by atoms with van der Waals surface area (Å²) in [5.41, 5.74) is 2.75. The highest BCUT2D eigenvalue weighted by Crippen LogP contribution is 2.28. The molecule has 1 aromatic heterocycles. The van der Waals surface area contributed by atoms with E-state index < -0.39 is 0 Å². The normalized spacial score (nSPS) is 15.3. The second-order valence-corrected chi connectivity index (χ2v) is 5.66. The Bertz CT molecular complexity index is 617. The van der Waals surface area contributed by atoms with Gasteiger partial charge in [-0.15, -0.1) is 5.10 Å². The fourth-order valence-corrected chi connectivity index (χ4v) is 2.95. The van der Waals surface area contributed by atoms with E-state index >= 15 is 0 Å². The fourth-order valence-electron chi connectivity index (χ4n) is 2.95. The third-order valence-corrected chi connectivity index (χ3v) is 4.03. The molecule has 0 bridgehead atoms. The number of carbonyl (C=O) groups excluding carboxylic acids is 1. The molecule has 1 fully saturated rings. The lowest BCUT2D eigenvalue weighted by molar-refractivity contribution is -0.117. The minimum absolute atomic E-state index is 0.108. The van der Waals surface area contributed by atoms with Crippen LogP contribution in [0.4, 0.5) is 5.69 Å². The second kappa shape index (κ2) is 6.03. The van der Waals surface area contributed by atoms with E-state index in [2.05, 4.69) is 20.8 Å². The Morgan fingerprint density at radius 3 is 2.86 bits per heavy atom. The molecule has 3 rings (SSSR count). The molecule has 0 saturated heterocycles. The van der Waals surface area contributed by atoms with Gasteiger partial charge in [0, 0.05) is 12.1 Å². The van der Waals surface area contributed by atoms with Crippen molar-refractivity contribution >= 4 is 11.6 Å². The summed E-state index contributed by atoms with van der Waals surface area (Å²) in [7, 11) is 0. The average molecular weight is 285 g/mol. The smallest absolute Gasteiger partial charge is 0.224 e. The Labute approximate surface area is 123 Å². The summed E-state index contributed by atoms with van der Waals surface area (Å²) in [6.07, 6.45) is 7.08. The SMILES string of the molecule is Cc1cc(NC(=O)CC2CCCC2)ccc1-n1cnnn1. The molecule has 0 aliphatic heterocycles. The number of rotatable bonds is 4. The lowest BCUT2D eigenvalue weighted by Gasteiger charge is -2.11. The van der Waals surface area contributed by atoms with Crippen LogP contribution in [0, 0.1) is 12.8 Å². The highest BCUT2D eigenvalue weighted by Gasteiger charge is 2.18.